The summed E-state index contributed by atoms with van der Waals surface area (Å²) in [5.74, 6) is 0.0335. The van der Waals surface area contributed by atoms with Crippen molar-refractivity contribution >= 4 is 29.0 Å². The summed E-state index contributed by atoms with van der Waals surface area (Å²) in [5.41, 5.74) is 5.66. The second kappa shape index (κ2) is 11.0. The molecule has 0 atom stereocenters. The number of carbonyl (C=O) groups is 2. The van der Waals surface area contributed by atoms with Gasteiger partial charge in [0.25, 0.3) is 17.4 Å². The Morgan fingerprint density at radius 1 is 0.927 bits per heavy atom. The van der Waals surface area contributed by atoms with Gasteiger partial charge in [-0.3, -0.25) is 19.4 Å². The first-order valence-electron chi connectivity index (χ1n) is 13.6. The van der Waals surface area contributed by atoms with Gasteiger partial charge in [-0.15, -0.1) is 0 Å². The molecule has 10 nitrogen and oxygen atoms in total. The molecule has 4 heterocycles. The number of morpholine rings is 1. The van der Waals surface area contributed by atoms with E-state index in [0.29, 0.717) is 61.8 Å². The SMILES string of the molecule is Cc1ccc(C(=O)N2CCc3c(-c4cn(C)c(=O)c(Nc5ccc(C(=O)N6CCOCC6)cc5)n4)cccc32)cn1. The lowest BCUT2D eigenvalue weighted by molar-refractivity contribution is 0.0303. The molecule has 0 unspecified atom stereocenters. The van der Waals surface area contributed by atoms with E-state index < -0.39 is 0 Å². The summed E-state index contributed by atoms with van der Waals surface area (Å²) in [7, 11) is 1.69. The summed E-state index contributed by atoms with van der Waals surface area (Å²) in [5, 5.41) is 3.13. The van der Waals surface area contributed by atoms with Crippen LogP contribution < -0.4 is 15.8 Å². The predicted octanol–water partition coefficient (Wildman–Crippen LogP) is 3.57. The zero-order chi connectivity index (χ0) is 28.5. The fourth-order valence-corrected chi connectivity index (χ4v) is 5.23. The van der Waals surface area contributed by atoms with Crippen molar-refractivity contribution in [2.24, 2.45) is 7.05 Å². The number of aryl methyl sites for hydroxylation is 2. The van der Waals surface area contributed by atoms with Gasteiger partial charge in [0.1, 0.15) is 0 Å². The van der Waals surface area contributed by atoms with Crippen LogP contribution in [0.4, 0.5) is 17.2 Å². The van der Waals surface area contributed by atoms with Gasteiger partial charge in [0, 0.05) is 67.3 Å². The highest BCUT2D eigenvalue weighted by molar-refractivity contribution is 6.07. The van der Waals surface area contributed by atoms with Crippen LogP contribution in [0, 0.1) is 6.92 Å². The van der Waals surface area contributed by atoms with Crippen LogP contribution in [0.2, 0.25) is 0 Å². The number of ether oxygens (including phenoxy) is 1. The molecule has 2 aromatic carbocycles. The fraction of sp³-hybridized carbons (Fsp3) is 0.258. The summed E-state index contributed by atoms with van der Waals surface area (Å²) in [6.45, 7) is 4.66. The van der Waals surface area contributed by atoms with E-state index >= 15 is 0 Å². The average Bonchev–Trinajstić information content (AvgIpc) is 3.44. The molecule has 10 heteroatoms. The molecule has 2 aromatic heterocycles. The van der Waals surface area contributed by atoms with Gasteiger partial charge in [0.15, 0.2) is 5.82 Å². The summed E-state index contributed by atoms with van der Waals surface area (Å²) in [4.78, 5) is 51.6. The normalized spacial score (nSPS) is 14.6. The molecule has 2 amide bonds. The molecule has 1 N–H and O–H groups in total. The highest BCUT2D eigenvalue weighted by Crippen LogP contribution is 2.36. The average molecular weight is 551 g/mol. The maximum atomic E-state index is 13.3. The second-order valence-electron chi connectivity index (χ2n) is 10.2. The number of aromatic nitrogens is 3. The van der Waals surface area contributed by atoms with Gasteiger partial charge in [-0.1, -0.05) is 12.1 Å². The molecule has 6 rings (SSSR count). The van der Waals surface area contributed by atoms with Crippen LogP contribution in [0.15, 0.2) is 71.8 Å². The van der Waals surface area contributed by atoms with Crippen molar-refractivity contribution in [2.45, 2.75) is 13.3 Å². The van der Waals surface area contributed by atoms with Crippen LogP contribution in [0.1, 0.15) is 32.0 Å². The highest BCUT2D eigenvalue weighted by Gasteiger charge is 2.28. The Balaban J connectivity index is 1.26. The lowest BCUT2D eigenvalue weighted by Crippen LogP contribution is -2.40. The number of hydrogen-bond donors (Lipinski definition) is 1. The lowest BCUT2D eigenvalue weighted by atomic mass is 10.0. The zero-order valence-corrected chi connectivity index (χ0v) is 23.0. The van der Waals surface area contributed by atoms with E-state index in [-0.39, 0.29) is 23.2 Å². The number of fused-ring (bicyclic) bond motifs is 1. The molecular formula is C31H30N6O4. The van der Waals surface area contributed by atoms with Crippen LogP contribution in [-0.4, -0.2) is 64.1 Å². The molecule has 0 radical (unpaired) electrons. The van der Waals surface area contributed by atoms with Gasteiger partial charge in [-0.2, -0.15) is 0 Å². The molecule has 2 aliphatic rings. The molecular weight excluding hydrogens is 520 g/mol. The number of benzene rings is 2. The molecule has 41 heavy (non-hydrogen) atoms. The van der Waals surface area contributed by atoms with Crippen LogP contribution in [0.5, 0.6) is 0 Å². The second-order valence-corrected chi connectivity index (χ2v) is 10.2. The van der Waals surface area contributed by atoms with Crippen molar-refractivity contribution in [2.75, 3.05) is 43.1 Å². The number of amides is 2. The number of nitrogens with one attached hydrogen (secondary N) is 1. The van der Waals surface area contributed by atoms with Gasteiger partial charge in [-0.25, -0.2) is 4.98 Å². The maximum absolute atomic E-state index is 13.3. The number of anilines is 3. The monoisotopic (exact) mass is 550 g/mol. The summed E-state index contributed by atoms with van der Waals surface area (Å²) < 4.78 is 6.83. The van der Waals surface area contributed by atoms with Gasteiger partial charge < -0.3 is 24.4 Å². The van der Waals surface area contributed by atoms with E-state index in [1.165, 1.54) is 4.57 Å². The van der Waals surface area contributed by atoms with Crippen LogP contribution in [0.25, 0.3) is 11.3 Å². The van der Waals surface area contributed by atoms with Gasteiger partial charge in [-0.05, 0) is 61.4 Å². The van der Waals surface area contributed by atoms with E-state index in [1.807, 2.05) is 31.2 Å². The Kier molecular flexibility index (Phi) is 7.07. The maximum Gasteiger partial charge on any atom is 0.293 e. The van der Waals surface area contributed by atoms with Crippen molar-refractivity contribution < 1.29 is 14.3 Å². The van der Waals surface area contributed by atoms with Crippen molar-refractivity contribution in [1.29, 1.82) is 0 Å². The number of carbonyl (C=O) groups excluding carboxylic acids is 2. The Morgan fingerprint density at radius 3 is 2.41 bits per heavy atom. The Morgan fingerprint density at radius 2 is 1.68 bits per heavy atom. The van der Waals surface area contributed by atoms with E-state index in [0.717, 1.165) is 22.5 Å². The largest absolute Gasteiger partial charge is 0.378 e. The first-order valence-corrected chi connectivity index (χ1v) is 13.6. The van der Waals surface area contributed by atoms with E-state index in [1.54, 1.807) is 59.6 Å². The fourth-order valence-electron chi connectivity index (χ4n) is 5.23. The van der Waals surface area contributed by atoms with Crippen LogP contribution in [0.3, 0.4) is 0 Å². The molecule has 0 bridgehead atoms. The molecule has 0 aliphatic carbocycles. The molecule has 1 saturated heterocycles. The van der Waals surface area contributed by atoms with E-state index in [2.05, 4.69) is 10.3 Å². The molecule has 4 aromatic rings. The summed E-state index contributed by atoms with van der Waals surface area (Å²) in [6.07, 6.45) is 3.99. The van der Waals surface area contributed by atoms with Crippen molar-refractivity contribution in [1.82, 2.24) is 19.4 Å². The third kappa shape index (κ3) is 5.21. The molecule has 1 fully saturated rings. The Hall–Kier alpha value is -4.83. The topological polar surface area (TPSA) is 110 Å². The first-order chi connectivity index (χ1) is 19.9. The van der Waals surface area contributed by atoms with Gasteiger partial charge in [0.05, 0.1) is 24.5 Å². The zero-order valence-electron chi connectivity index (χ0n) is 23.0. The quantitative estimate of drug-likeness (QED) is 0.405. The highest BCUT2D eigenvalue weighted by atomic mass is 16.5. The third-order valence-electron chi connectivity index (χ3n) is 7.47. The standard InChI is InChI=1S/C31H30N6O4/c1-20-6-7-22(18-32-20)30(39)37-13-12-25-24(4-3-5-27(25)37)26-19-35(2)31(40)28(34-26)33-23-10-8-21(9-11-23)29(38)36-14-16-41-17-15-36/h3-11,18-19H,12-17H2,1-2H3,(H,33,34). The summed E-state index contributed by atoms with van der Waals surface area (Å²) >= 11 is 0. The predicted molar refractivity (Wildman–Crippen MR) is 156 cm³/mol. The van der Waals surface area contributed by atoms with Crippen molar-refractivity contribution in [3.8, 4) is 11.3 Å². The molecule has 0 saturated carbocycles. The Labute approximate surface area is 237 Å². The van der Waals surface area contributed by atoms with Crippen LogP contribution in [-0.2, 0) is 18.2 Å². The molecule has 2 aliphatic heterocycles. The minimum atomic E-state index is -0.279. The Bertz CT molecular complexity index is 1670. The number of rotatable bonds is 5. The minimum Gasteiger partial charge on any atom is -0.378 e. The van der Waals surface area contributed by atoms with Crippen LogP contribution >= 0.6 is 0 Å². The van der Waals surface area contributed by atoms with E-state index in [9.17, 15) is 14.4 Å². The summed E-state index contributed by atoms with van der Waals surface area (Å²) in [6, 6.07) is 16.5. The smallest absolute Gasteiger partial charge is 0.293 e. The first kappa shape index (κ1) is 26.4. The molecule has 208 valence electrons. The van der Waals surface area contributed by atoms with Crippen molar-refractivity contribution in [3.05, 3.63) is 99.7 Å². The van der Waals surface area contributed by atoms with Gasteiger partial charge in [0.2, 0.25) is 0 Å². The number of hydrogen-bond acceptors (Lipinski definition) is 7. The molecule has 0 spiro atoms. The van der Waals surface area contributed by atoms with Crippen molar-refractivity contribution in [3.63, 3.8) is 0 Å². The number of nitrogens with zero attached hydrogens (tertiary/aromatic N) is 5. The number of pyridine rings is 1. The lowest BCUT2D eigenvalue weighted by Gasteiger charge is -2.26. The minimum absolute atomic E-state index is 0.0417. The van der Waals surface area contributed by atoms with E-state index in [4.69, 9.17) is 9.72 Å². The van der Waals surface area contributed by atoms with Gasteiger partial charge >= 0.3 is 0 Å². The third-order valence-corrected chi connectivity index (χ3v) is 7.47.